The number of nitrogens with zero attached hydrogens (tertiary/aromatic N) is 1. The molecule has 0 bridgehead atoms. The SMILES string of the molecule is C=C(C1=C(C)CCC1)c1cccnc1C.CC.Cc1cccc(N)c1. The summed E-state index contributed by atoms with van der Waals surface area (Å²) in [6.07, 6.45) is 5.52. The summed E-state index contributed by atoms with van der Waals surface area (Å²) in [6, 6.07) is 11.9. The van der Waals surface area contributed by atoms with Gasteiger partial charge in [0.1, 0.15) is 0 Å². The summed E-state index contributed by atoms with van der Waals surface area (Å²) in [7, 11) is 0. The van der Waals surface area contributed by atoms with Gasteiger partial charge < -0.3 is 5.73 Å². The fraction of sp³-hybridized carbons (Fsp3) is 0.348. The minimum Gasteiger partial charge on any atom is -0.399 e. The maximum Gasteiger partial charge on any atom is 0.0450 e. The summed E-state index contributed by atoms with van der Waals surface area (Å²) in [5.41, 5.74) is 13.9. The molecule has 2 N–H and O–H groups in total. The van der Waals surface area contributed by atoms with E-state index in [1.54, 1.807) is 0 Å². The van der Waals surface area contributed by atoms with Gasteiger partial charge >= 0.3 is 0 Å². The van der Waals surface area contributed by atoms with Gasteiger partial charge in [0, 0.05) is 23.1 Å². The van der Waals surface area contributed by atoms with Crippen LogP contribution in [0.2, 0.25) is 0 Å². The number of nitrogens with two attached hydrogens (primary N) is 1. The van der Waals surface area contributed by atoms with Gasteiger partial charge in [-0.25, -0.2) is 0 Å². The number of pyridine rings is 1. The number of rotatable bonds is 2. The predicted octanol–water partition coefficient (Wildman–Crippen LogP) is 6.51. The molecule has 0 atom stereocenters. The molecule has 0 amide bonds. The average molecular weight is 337 g/mol. The first kappa shape index (κ1) is 20.7. The van der Waals surface area contributed by atoms with E-state index < -0.39 is 0 Å². The largest absolute Gasteiger partial charge is 0.399 e. The van der Waals surface area contributed by atoms with Crippen molar-refractivity contribution < 1.29 is 0 Å². The van der Waals surface area contributed by atoms with Crippen LogP contribution in [0.4, 0.5) is 5.69 Å². The van der Waals surface area contributed by atoms with Gasteiger partial charge in [0.05, 0.1) is 0 Å². The third kappa shape index (κ3) is 6.22. The van der Waals surface area contributed by atoms with Crippen LogP contribution in [0.3, 0.4) is 0 Å². The number of anilines is 1. The number of nitrogen functional groups attached to an aromatic ring is 1. The molecular weight excluding hydrogens is 304 g/mol. The van der Waals surface area contributed by atoms with E-state index in [9.17, 15) is 0 Å². The van der Waals surface area contributed by atoms with Crippen LogP contribution in [0.1, 0.15) is 56.9 Å². The van der Waals surface area contributed by atoms with Crippen LogP contribution in [0.25, 0.3) is 5.57 Å². The van der Waals surface area contributed by atoms with Crippen molar-refractivity contribution in [1.29, 1.82) is 0 Å². The van der Waals surface area contributed by atoms with Crippen molar-refractivity contribution in [1.82, 2.24) is 4.98 Å². The Kier molecular flexibility index (Phi) is 8.69. The lowest BCUT2D eigenvalue weighted by Crippen LogP contribution is -1.93. The average Bonchev–Trinajstić information content (AvgIpc) is 3.03. The van der Waals surface area contributed by atoms with Gasteiger partial charge in [-0.2, -0.15) is 0 Å². The summed E-state index contributed by atoms with van der Waals surface area (Å²) >= 11 is 0. The van der Waals surface area contributed by atoms with Gasteiger partial charge in [-0.1, -0.05) is 44.2 Å². The second-order valence-corrected chi connectivity index (χ2v) is 6.14. The molecule has 2 heteroatoms. The molecule has 25 heavy (non-hydrogen) atoms. The molecule has 0 aliphatic heterocycles. The van der Waals surface area contributed by atoms with Crippen LogP contribution < -0.4 is 5.73 Å². The van der Waals surface area contributed by atoms with E-state index in [4.69, 9.17) is 5.73 Å². The molecule has 2 nitrogen and oxygen atoms in total. The van der Waals surface area contributed by atoms with Gasteiger partial charge in [0.2, 0.25) is 0 Å². The first-order valence-corrected chi connectivity index (χ1v) is 9.11. The van der Waals surface area contributed by atoms with Gasteiger partial charge in [-0.3, -0.25) is 4.98 Å². The summed E-state index contributed by atoms with van der Waals surface area (Å²) in [6.45, 7) is 14.5. The molecule has 0 unspecified atom stereocenters. The molecule has 134 valence electrons. The Morgan fingerprint density at radius 2 is 1.76 bits per heavy atom. The van der Waals surface area contributed by atoms with Crippen LogP contribution in [0.15, 0.2) is 60.3 Å². The van der Waals surface area contributed by atoms with E-state index >= 15 is 0 Å². The maximum absolute atomic E-state index is 5.46. The van der Waals surface area contributed by atoms with Crippen LogP contribution in [-0.2, 0) is 0 Å². The zero-order valence-corrected chi connectivity index (χ0v) is 16.4. The highest BCUT2D eigenvalue weighted by Gasteiger charge is 2.15. The highest BCUT2D eigenvalue weighted by atomic mass is 14.7. The fourth-order valence-electron chi connectivity index (χ4n) is 2.94. The Balaban J connectivity index is 0.000000264. The standard InChI is InChI=1S/C14H17N.C7H9N.C2H6/c1-10-6-4-7-13(10)11(2)14-8-5-9-15-12(14)3;1-6-3-2-4-7(8)5-6;1-2/h5,8-9H,2,4,6-7H2,1,3H3;2-5H,8H2,1H3;1-2H3. The number of aryl methyl sites for hydroxylation is 2. The van der Waals surface area contributed by atoms with Crippen molar-refractivity contribution in [2.24, 2.45) is 0 Å². The highest BCUT2D eigenvalue weighted by molar-refractivity contribution is 5.79. The summed E-state index contributed by atoms with van der Waals surface area (Å²) in [5.74, 6) is 0. The van der Waals surface area contributed by atoms with E-state index in [1.165, 1.54) is 47.1 Å². The first-order chi connectivity index (χ1) is 12.0. The van der Waals surface area contributed by atoms with Crippen LogP contribution >= 0.6 is 0 Å². The van der Waals surface area contributed by atoms with E-state index in [0.717, 1.165) is 11.4 Å². The van der Waals surface area contributed by atoms with Crippen molar-refractivity contribution in [3.05, 3.63) is 77.1 Å². The molecule has 0 radical (unpaired) electrons. The van der Waals surface area contributed by atoms with Crippen molar-refractivity contribution in [3.63, 3.8) is 0 Å². The lowest BCUT2D eigenvalue weighted by atomic mass is 9.96. The van der Waals surface area contributed by atoms with Gasteiger partial charge in [0.25, 0.3) is 0 Å². The van der Waals surface area contributed by atoms with E-state index in [-0.39, 0.29) is 0 Å². The normalized spacial score (nSPS) is 12.7. The summed E-state index contributed by atoms with van der Waals surface area (Å²) in [5, 5.41) is 0. The van der Waals surface area contributed by atoms with Crippen LogP contribution in [0, 0.1) is 13.8 Å². The van der Waals surface area contributed by atoms with Crippen molar-refractivity contribution in [2.75, 3.05) is 5.73 Å². The van der Waals surface area contributed by atoms with Crippen molar-refractivity contribution >= 4 is 11.3 Å². The molecule has 1 heterocycles. The van der Waals surface area contributed by atoms with Crippen LogP contribution in [0.5, 0.6) is 0 Å². The molecular formula is C23H32N2. The highest BCUT2D eigenvalue weighted by Crippen LogP contribution is 2.35. The number of allylic oxidation sites excluding steroid dienone is 3. The monoisotopic (exact) mass is 336 g/mol. The summed E-state index contributed by atoms with van der Waals surface area (Å²) < 4.78 is 0. The molecule has 1 aliphatic carbocycles. The smallest absolute Gasteiger partial charge is 0.0450 e. The second kappa shape index (κ2) is 10.5. The Morgan fingerprint density at radius 1 is 1.04 bits per heavy atom. The Bertz CT molecular complexity index is 709. The topological polar surface area (TPSA) is 38.9 Å². The quantitative estimate of drug-likeness (QED) is 0.635. The Labute approximate surface area is 153 Å². The third-order valence-corrected chi connectivity index (χ3v) is 4.23. The fourth-order valence-corrected chi connectivity index (χ4v) is 2.94. The zero-order chi connectivity index (χ0) is 18.8. The van der Waals surface area contributed by atoms with Gasteiger partial charge in [-0.05, 0) is 74.9 Å². The minimum absolute atomic E-state index is 0.838. The Hall–Kier alpha value is -2.35. The molecule has 0 spiro atoms. The number of aromatic nitrogens is 1. The molecule has 3 rings (SSSR count). The molecule has 1 aromatic heterocycles. The molecule has 2 aromatic rings. The van der Waals surface area contributed by atoms with Crippen molar-refractivity contribution in [3.8, 4) is 0 Å². The van der Waals surface area contributed by atoms with Crippen molar-refractivity contribution in [2.45, 2.75) is 53.9 Å². The number of hydrogen-bond donors (Lipinski definition) is 1. The molecule has 0 saturated carbocycles. The van der Waals surface area contributed by atoms with E-state index in [2.05, 4.69) is 24.6 Å². The lowest BCUT2D eigenvalue weighted by molar-refractivity contribution is 0.900. The first-order valence-electron chi connectivity index (χ1n) is 9.11. The minimum atomic E-state index is 0.838. The number of hydrogen-bond acceptors (Lipinski definition) is 2. The lowest BCUT2D eigenvalue weighted by Gasteiger charge is -2.10. The molecule has 0 fully saturated rings. The molecule has 1 aromatic carbocycles. The molecule has 1 aliphatic rings. The Morgan fingerprint density at radius 3 is 2.24 bits per heavy atom. The third-order valence-electron chi connectivity index (χ3n) is 4.23. The maximum atomic E-state index is 5.46. The van der Waals surface area contributed by atoms with Crippen LogP contribution in [-0.4, -0.2) is 4.98 Å². The molecule has 0 saturated heterocycles. The van der Waals surface area contributed by atoms with Gasteiger partial charge in [-0.15, -0.1) is 0 Å². The van der Waals surface area contributed by atoms with Gasteiger partial charge in [0.15, 0.2) is 0 Å². The second-order valence-electron chi connectivity index (χ2n) is 6.14. The van der Waals surface area contributed by atoms with E-state index in [1.807, 2.05) is 64.2 Å². The summed E-state index contributed by atoms with van der Waals surface area (Å²) in [4.78, 5) is 4.31. The number of benzene rings is 1. The zero-order valence-electron chi connectivity index (χ0n) is 16.4. The van der Waals surface area contributed by atoms with E-state index in [0.29, 0.717) is 0 Å². The predicted molar refractivity (Wildman–Crippen MR) is 111 cm³/mol.